The molecule has 1 aliphatic carbocycles. The highest BCUT2D eigenvalue weighted by atomic mass is 14.5. The first-order valence-corrected chi connectivity index (χ1v) is 5.13. The van der Waals surface area contributed by atoms with Crippen LogP contribution in [0.3, 0.4) is 0 Å². The Hall–Kier alpha value is -0.0400. The van der Waals surface area contributed by atoms with Gasteiger partial charge in [0.2, 0.25) is 0 Å². The van der Waals surface area contributed by atoms with Crippen molar-refractivity contribution in [1.82, 2.24) is 0 Å². The van der Waals surface area contributed by atoms with Crippen LogP contribution in [-0.4, -0.2) is 6.54 Å². The molecule has 0 bridgehead atoms. The van der Waals surface area contributed by atoms with Gasteiger partial charge in [0, 0.05) is 0 Å². The summed E-state index contributed by atoms with van der Waals surface area (Å²) in [5, 5.41) is 0. The molecule has 0 saturated heterocycles. The topological polar surface area (TPSA) is 26.0 Å². The third-order valence-electron chi connectivity index (χ3n) is 2.80. The molecule has 1 fully saturated rings. The third-order valence-corrected chi connectivity index (χ3v) is 2.80. The second kappa shape index (κ2) is 5.59. The average molecular weight is 155 g/mol. The van der Waals surface area contributed by atoms with Crippen molar-refractivity contribution in [2.45, 2.75) is 51.4 Å². The van der Waals surface area contributed by atoms with Crippen LogP contribution in [0, 0.1) is 5.92 Å². The second-order valence-electron chi connectivity index (χ2n) is 3.79. The lowest BCUT2D eigenvalue weighted by molar-refractivity contribution is 0.363. The number of nitrogens with two attached hydrogens (primary N) is 1. The summed E-state index contributed by atoms with van der Waals surface area (Å²) in [6.07, 6.45) is 11.4. The van der Waals surface area contributed by atoms with E-state index in [9.17, 15) is 0 Å². The van der Waals surface area contributed by atoms with Crippen LogP contribution < -0.4 is 5.73 Å². The molecule has 11 heavy (non-hydrogen) atoms. The standard InChI is InChI=1S/C10H21N/c11-9-8-10-6-4-2-1-3-5-7-10/h10H,1-9,11H2. The minimum atomic E-state index is 0.894. The van der Waals surface area contributed by atoms with Gasteiger partial charge in [-0.1, -0.05) is 44.9 Å². The number of hydrogen-bond acceptors (Lipinski definition) is 1. The Balaban J connectivity index is 2.15. The summed E-state index contributed by atoms with van der Waals surface area (Å²) in [5.41, 5.74) is 5.55. The van der Waals surface area contributed by atoms with Gasteiger partial charge in [0.25, 0.3) is 0 Å². The van der Waals surface area contributed by atoms with E-state index in [1.54, 1.807) is 0 Å². The van der Waals surface area contributed by atoms with Crippen molar-refractivity contribution >= 4 is 0 Å². The summed E-state index contributed by atoms with van der Waals surface area (Å²) >= 11 is 0. The SMILES string of the molecule is NCCC1CCCCCCC1. The fourth-order valence-electron chi connectivity index (χ4n) is 2.07. The predicted molar refractivity (Wildman–Crippen MR) is 49.5 cm³/mol. The summed E-state index contributed by atoms with van der Waals surface area (Å²) in [7, 11) is 0. The van der Waals surface area contributed by atoms with Gasteiger partial charge in [-0.2, -0.15) is 0 Å². The molecule has 66 valence electrons. The molecule has 1 rings (SSSR count). The minimum absolute atomic E-state index is 0.894. The summed E-state index contributed by atoms with van der Waals surface area (Å²) < 4.78 is 0. The molecule has 1 nitrogen and oxygen atoms in total. The zero-order valence-electron chi connectivity index (χ0n) is 7.52. The molecule has 0 radical (unpaired) electrons. The molecular formula is C10H21N. The first-order valence-electron chi connectivity index (χ1n) is 5.13. The molecule has 0 unspecified atom stereocenters. The van der Waals surface area contributed by atoms with Crippen LogP contribution in [0.2, 0.25) is 0 Å². The Morgan fingerprint density at radius 1 is 0.909 bits per heavy atom. The van der Waals surface area contributed by atoms with Crippen molar-refractivity contribution in [1.29, 1.82) is 0 Å². The lowest BCUT2D eigenvalue weighted by Gasteiger charge is -2.18. The Bertz CT molecular complexity index is 82.9. The Labute approximate surface area is 70.4 Å². The van der Waals surface area contributed by atoms with E-state index in [0.29, 0.717) is 0 Å². The quantitative estimate of drug-likeness (QED) is 0.652. The van der Waals surface area contributed by atoms with E-state index in [2.05, 4.69) is 0 Å². The molecule has 1 aliphatic rings. The maximum Gasteiger partial charge on any atom is -0.00746 e. The summed E-state index contributed by atoms with van der Waals surface area (Å²) in [5.74, 6) is 0.959. The smallest absolute Gasteiger partial charge is 0.00746 e. The van der Waals surface area contributed by atoms with Gasteiger partial charge >= 0.3 is 0 Å². The highest BCUT2D eigenvalue weighted by molar-refractivity contribution is 4.63. The second-order valence-corrected chi connectivity index (χ2v) is 3.79. The van der Waals surface area contributed by atoms with Gasteiger partial charge in [0.05, 0.1) is 0 Å². The van der Waals surface area contributed by atoms with E-state index in [1.165, 1.54) is 51.4 Å². The van der Waals surface area contributed by atoms with Gasteiger partial charge in [-0.15, -0.1) is 0 Å². The zero-order valence-corrected chi connectivity index (χ0v) is 7.52. The van der Waals surface area contributed by atoms with Crippen LogP contribution in [0.4, 0.5) is 0 Å². The first-order chi connectivity index (χ1) is 5.43. The van der Waals surface area contributed by atoms with Crippen LogP contribution >= 0.6 is 0 Å². The summed E-state index contributed by atoms with van der Waals surface area (Å²) in [6, 6.07) is 0. The lowest BCUT2D eigenvalue weighted by atomic mass is 9.89. The van der Waals surface area contributed by atoms with Gasteiger partial charge in [0.15, 0.2) is 0 Å². The van der Waals surface area contributed by atoms with E-state index in [0.717, 1.165) is 12.5 Å². The van der Waals surface area contributed by atoms with Gasteiger partial charge in [-0.25, -0.2) is 0 Å². The summed E-state index contributed by atoms with van der Waals surface area (Å²) in [4.78, 5) is 0. The molecule has 0 heterocycles. The molecule has 0 aromatic rings. The molecule has 1 saturated carbocycles. The van der Waals surface area contributed by atoms with Gasteiger partial charge < -0.3 is 5.73 Å². The fraction of sp³-hybridized carbons (Fsp3) is 1.00. The molecule has 0 aromatic heterocycles. The van der Waals surface area contributed by atoms with Gasteiger partial charge in [0.1, 0.15) is 0 Å². The molecule has 1 heteroatoms. The highest BCUT2D eigenvalue weighted by Gasteiger charge is 2.09. The van der Waals surface area contributed by atoms with Crippen LogP contribution in [-0.2, 0) is 0 Å². The predicted octanol–water partition coefficient (Wildman–Crippen LogP) is 2.70. The Morgan fingerprint density at radius 2 is 1.45 bits per heavy atom. The van der Waals surface area contributed by atoms with Crippen molar-refractivity contribution < 1.29 is 0 Å². The third kappa shape index (κ3) is 3.76. The summed E-state index contributed by atoms with van der Waals surface area (Å²) in [6.45, 7) is 0.894. The van der Waals surface area contributed by atoms with Crippen molar-refractivity contribution in [3.63, 3.8) is 0 Å². The van der Waals surface area contributed by atoms with Crippen molar-refractivity contribution in [2.75, 3.05) is 6.54 Å². The molecule has 0 atom stereocenters. The zero-order chi connectivity index (χ0) is 7.94. The van der Waals surface area contributed by atoms with E-state index >= 15 is 0 Å². The lowest BCUT2D eigenvalue weighted by Crippen LogP contribution is -2.10. The van der Waals surface area contributed by atoms with E-state index in [1.807, 2.05) is 0 Å². The van der Waals surface area contributed by atoms with Crippen LogP contribution in [0.5, 0.6) is 0 Å². The number of rotatable bonds is 2. The molecule has 0 aliphatic heterocycles. The largest absolute Gasteiger partial charge is 0.330 e. The Kier molecular flexibility index (Phi) is 4.60. The van der Waals surface area contributed by atoms with Crippen molar-refractivity contribution in [3.8, 4) is 0 Å². The average Bonchev–Trinajstić information content (AvgIpc) is 1.94. The minimum Gasteiger partial charge on any atom is -0.330 e. The van der Waals surface area contributed by atoms with Crippen molar-refractivity contribution in [3.05, 3.63) is 0 Å². The fourth-order valence-corrected chi connectivity index (χ4v) is 2.07. The maximum atomic E-state index is 5.55. The van der Waals surface area contributed by atoms with Gasteiger partial charge in [-0.3, -0.25) is 0 Å². The normalized spacial score (nSPS) is 22.6. The molecule has 0 amide bonds. The number of hydrogen-bond donors (Lipinski definition) is 1. The maximum absolute atomic E-state index is 5.55. The van der Waals surface area contributed by atoms with Crippen molar-refractivity contribution in [2.24, 2.45) is 11.7 Å². The molecule has 0 spiro atoms. The Morgan fingerprint density at radius 3 is 2.00 bits per heavy atom. The van der Waals surface area contributed by atoms with E-state index in [4.69, 9.17) is 5.73 Å². The molecule has 0 aromatic carbocycles. The highest BCUT2D eigenvalue weighted by Crippen LogP contribution is 2.23. The van der Waals surface area contributed by atoms with Crippen LogP contribution in [0.25, 0.3) is 0 Å². The van der Waals surface area contributed by atoms with Gasteiger partial charge in [-0.05, 0) is 18.9 Å². The van der Waals surface area contributed by atoms with E-state index in [-0.39, 0.29) is 0 Å². The van der Waals surface area contributed by atoms with Crippen LogP contribution in [0.1, 0.15) is 51.4 Å². The first kappa shape index (κ1) is 9.05. The van der Waals surface area contributed by atoms with Crippen LogP contribution in [0.15, 0.2) is 0 Å². The molecule has 2 N–H and O–H groups in total. The molecular weight excluding hydrogens is 134 g/mol. The van der Waals surface area contributed by atoms with E-state index < -0.39 is 0 Å². The monoisotopic (exact) mass is 155 g/mol.